The first-order valence-corrected chi connectivity index (χ1v) is 7.31. The summed E-state index contributed by atoms with van der Waals surface area (Å²) in [6.07, 6.45) is 2.54. The van der Waals surface area contributed by atoms with E-state index in [0.29, 0.717) is 18.0 Å². The van der Waals surface area contributed by atoms with Gasteiger partial charge in [0.2, 0.25) is 0 Å². The van der Waals surface area contributed by atoms with E-state index in [9.17, 15) is 4.79 Å². The molecule has 1 unspecified atom stereocenters. The summed E-state index contributed by atoms with van der Waals surface area (Å²) in [5.74, 6) is 0.345. The molecule has 4 nitrogen and oxygen atoms in total. The number of para-hydroxylation sites is 1. The number of nitrogens with zero attached hydrogens (tertiary/aromatic N) is 1. The van der Waals surface area contributed by atoms with E-state index in [0.717, 1.165) is 17.3 Å². The highest BCUT2D eigenvalue weighted by atomic mass is 16.1. The van der Waals surface area contributed by atoms with Gasteiger partial charge in [-0.15, -0.1) is 0 Å². The van der Waals surface area contributed by atoms with Crippen LogP contribution in [-0.4, -0.2) is 23.0 Å². The zero-order valence-electron chi connectivity index (χ0n) is 12.9. The number of rotatable bonds is 5. The van der Waals surface area contributed by atoms with Crippen molar-refractivity contribution in [1.82, 2.24) is 10.3 Å². The van der Waals surface area contributed by atoms with Crippen molar-refractivity contribution in [2.45, 2.75) is 32.7 Å². The Kier molecular flexibility index (Phi) is 4.58. The summed E-state index contributed by atoms with van der Waals surface area (Å²) in [6, 6.07) is 9.45. The van der Waals surface area contributed by atoms with Crippen molar-refractivity contribution in [1.29, 1.82) is 0 Å². The zero-order valence-corrected chi connectivity index (χ0v) is 12.9. The molecule has 0 aliphatic rings. The predicted molar refractivity (Wildman–Crippen MR) is 86.1 cm³/mol. The number of benzene rings is 1. The standard InChI is InChI=1S/C17H23N3O/c1-12(2)10-17(3,11-18)20-16(21)14-8-4-6-13-7-5-9-19-15(13)14/h4-9,12H,10-11,18H2,1-3H3,(H,20,21). The second-order valence-electron chi connectivity index (χ2n) is 6.20. The molecule has 0 aliphatic heterocycles. The van der Waals surface area contributed by atoms with Gasteiger partial charge >= 0.3 is 0 Å². The maximum Gasteiger partial charge on any atom is 0.253 e. The van der Waals surface area contributed by atoms with Gasteiger partial charge in [-0.1, -0.05) is 32.0 Å². The summed E-state index contributed by atoms with van der Waals surface area (Å²) in [6.45, 7) is 6.65. The monoisotopic (exact) mass is 285 g/mol. The number of amides is 1. The number of hydrogen-bond acceptors (Lipinski definition) is 3. The topological polar surface area (TPSA) is 68.0 Å². The van der Waals surface area contributed by atoms with Gasteiger partial charge < -0.3 is 11.1 Å². The minimum atomic E-state index is -0.401. The van der Waals surface area contributed by atoms with Crippen LogP contribution in [0.25, 0.3) is 10.9 Å². The Morgan fingerprint density at radius 3 is 2.71 bits per heavy atom. The Bertz CT molecular complexity index is 633. The van der Waals surface area contributed by atoms with E-state index < -0.39 is 5.54 Å². The molecule has 0 aliphatic carbocycles. The lowest BCUT2D eigenvalue weighted by molar-refractivity contribution is 0.0900. The predicted octanol–water partition coefficient (Wildman–Crippen LogP) is 2.73. The molecule has 1 aromatic carbocycles. The van der Waals surface area contributed by atoms with Crippen molar-refractivity contribution in [2.24, 2.45) is 11.7 Å². The third-order valence-corrected chi connectivity index (χ3v) is 3.60. The lowest BCUT2D eigenvalue weighted by Gasteiger charge is -2.31. The number of carbonyl (C=O) groups is 1. The Balaban J connectivity index is 2.30. The molecule has 1 aromatic heterocycles. The summed E-state index contributed by atoms with van der Waals surface area (Å²) in [5.41, 5.74) is 6.78. The normalized spacial score (nSPS) is 14.1. The first kappa shape index (κ1) is 15.4. The van der Waals surface area contributed by atoms with Crippen LogP contribution in [0.15, 0.2) is 36.5 Å². The highest BCUT2D eigenvalue weighted by Gasteiger charge is 2.27. The van der Waals surface area contributed by atoms with Gasteiger partial charge in [-0.25, -0.2) is 0 Å². The molecule has 21 heavy (non-hydrogen) atoms. The molecule has 0 saturated carbocycles. The summed E-state index contributed by atoms with van der Waals surface area (Å²) in [7, 11) is 0. The van der Waals surface area contributed by atoms with Crippen molar-refractivity contribution in [2.75, 3.05) is 6.54 Å². The molecule has 2 aromatic rings. The van der Waals surface area contributed by atoms with Gasteiger partial charge in [0.05, 0.1) is 11.1 Å². The number of fused-ring (bicyclic) bond motifs is 1. The van der Waals surface area contributed by atoms with Crippen LogP contribution in [-0.2, 0) is 0 Å². The molecule has 2 rings (SSSR count). The molecule has 0 saturated heterocycles. The van der Waals surface area contributed by atoms with Gasteiger partial charge in [-0.2, -0.15) is 0 Å². The molecule has 0 spiro atoms. The average molecular weight is 285 g/mol. The first-order chi connectivity index (χ1) is 9.95. The Morgan fingerprint density at radius 1 is 1.33 bits per heavy atom. The van der Waals surface area contributed by atoms with E-state index in [1.807, 2.05) is 31.2 Å². The quantitative estimate of drug-likeness (QED) is 0.887. The minimum absolute atomic E-state index is 0.118. The highest BCUT2D eigenvalue weighted by Crippen LogP contribution is 2.19. The lowest BCUT2D eigenvalue weighted by atomic mass is 9.90. The van der Waals surface area contributed by atoms with Crippen LogP contribution in [0.5, 0.6) is 0 Å². The Morgan fingerprint density at radius 2 is 2.05 bits per heavy atom. The Labute approximate surface area is 125 Å². The van der Waals surface area contributed by atoms with E-state index in [-0.39, 0.29) is 5.91 Å². The van der Waals surface area contributed by atoms with Gasteiger partial charge in [0.1, 0.15) is 0 Å². The molecule has 1 heterocycles. The molecular weight excluding hydrogens is 262 g/mol. The second-order valence-corrected chi connectivity index (χ2v) is 6.20. The fourth-order valence-corrected chi connectivity index (χ4v) is 2.72. The van der Waals surface area contributed by atoms with Gasteiger partial charge in [0, 0.05) is 23.7 Å². The summed E-state index contributed by atoms with van der Waals surface area (Å²) in [4.78, 5) is 16.9. The van der Waals surface area contributed by atoms with Crippen LogP contribution in [0, 0.1) is 5.92 Å². The molecule has 1 amide bonds. The maximum atomic E-state index is 12.6. The second kappa shape index (κ2) is 6.22. The zero-order chi connectivity index (χ0) is 15.5. The fraction of sp³-hybridized carbons (Fsp3) is 0.412. The molecule has 3 N–H and O–H groups in total. The molecular formula is C17H23N3O. The largest absolute Gasteiger partial charge is 0.346 e. The van der Waals surface area contributed by atoms with Gasteiger partial charge in [-0.3, -0.25) is 9.78 Å². The highest BCUT2D eigenvalue weighted by molar-refractivity contribution is 6.05. The summed E-state index contributed by atoms with van der Waals surface area (Å²) < 4.78 is 0. The van der Waals surface area contributed by atoms with Crippen LogP contribution >= 0.6 is 0 Å². The van der Waals surface area contributed by atoms with Crippen molar-refractivity contribution < 1.29 is 4.79 Å². The SMILES string of the molecule is CC(C)CC(C)(CN)NC(=O)c1cccc2cccnc12. The molecule has 0 radical (unpaired) electrons. The van der Waals surface area contributed by atoms with E-state index in [1.54, 1.807) is 12.3 Å². The minimum Gasteiger partial charge on any atom is -0.346 e. The van der Waals surface area contributed by atoms with Crippen molar-refractivity contribution >= 4 is 16.8 Å². The average Bonchev–Trinajstić information content (AvgIpc) is 2.45. The van der Waals surface area contributed by atoms with Gasteiger partial charge in [0.15, 0.2) is 0 Å². The number of pyridine rings is 1. The van der Waals surface area contributed by atoms with Gasteiger partial charge in [-0.05, 0) is 31.4 Å². The third-order valence-electron chi connectivity index (χ3n) is 3.60. The van der Waals surface area contributed by atoms with Crippen LogP contribution in [0.2, 0.25) is 0 Å². The van der Waals surface area contributed by atoms with Crippen LogP contribution < -0.4 is 11.1 Å². The molecule has 1 atom stereocenters. The van der Waals surface area contributed by atoms with E-state index >= 15 is 0 Å². The Hall–Kier alpha value is -1.94. The molecule has 112 valence electrons. The van der Waals surface area contributed by atoms with Crippen LogP contribution in [0.3, 0.4) is 0 Å². The molecule has 4 heteroatoms. The van der Waals surface area contributed by atoms with Crippen molar-refractivity contribution in [3.05, 3.63) is 42.1 Å². The lowest BCUT2D eigenvalue weighted by Crippen LogP contribution is -2.52. The maximum absolute atomic E-state index is 12.6. The summed E-state index contributed by atoms with van der Waals surface area (Å²) >= 11 is 0. The number of nitrogens with two attached hydrogens (primary N) is 1. The first-order valence-electron chi connectivity index (χ1n) is 7.31. The van der Waals surface area contributed by atoms with Gasteiger partial charge in [0.25, 0.3) is 5.91 Å². The molecule has 0 fully saturated rings. The number of hydrogen-bond donors (Lipinski definition) is 2. The van der Waals surface area contributed by atoms with Crippen LogP contribution in [0.1, 0.15) is 37.6 Å². The number of aromatic nitrogens is 1. The fourth-order valence-electron chi connectivity index (χ4n) is 2.72. The van der Waals surface area contributed by atoms with Crippen LogP contribution in [0.4, 0.5) is 0 Å². The van der Waals surface area contributed by atoms with E-state index in [1.165, 1.54) is 0 Å². The van der Waals surface area contributed by atoms with Crippen molar-refractivity contribution in [3.8, 4) is 0 Å². The van der Waals surface area contributed by atoms with Crippen molar-refractivity contribution in [3.63, 3.8) is 0 Å². The third kappa shape index (κ3) is 3.58. The summed E-state index contributed by atoms with van der Waals surface area (Å²) in [5, 5.41) is 4.04. The van der Waals surface area contributed by atoms with E-state index in [2.05, 4.69) is 24.1 Å². The smallest absolute Gasteiger partial charge is 0.253 e. The number of carbonyl (C=O) groups excluding carboxylic acids is 1. The van der Waals surface area contributed by atoms with E-state index in [4.69, 9.17) is 5.73 Å². The number of nitrogens with one attached hydrogen (secondary N) is 1. The molecule has 0 bridgehead atoms.